The molecule has 0 aromatic heterocycles. The maximum Gasteiger partial charge on any atom is 0.317 e. The van der Waals surface area contributed by atoms with Gasteiger partial charge in [-0.1, -0.05) is 12.5 Å². The molecule has 1 aliphatic carbocycles. The number of urea groups is 1. The monoisotopic (exact) mass is 212 g/mol. The molecule has 15 heavy (non-hydrogen) atoms. The van der Waals surface area contributed by atoms with Crippen LogP contribution < -0.4 is 5.32 Å². The quantitative estimate of drug-likeness (QED) is 0.682. The van der Waals surface area contributed by atoms with Gasteiger partial charge in [0.2, 0.25) is 0 Å². The van der Waals surface area contributed by atoms with E-state index in [1.807, 2.05) is 0 Å². The molecule has 1 rings (SSSR count). The number of amides is 2. The molecule has 2 atom stereocenters. The van der Waals surface area contributed by atoms with Crippen LogP contribution >= 0.6 is 0 Å². The Balaban J connectivity index is 2.30. The SMILES string of the molecule is C=CCNC(=O)N(C)CC1CCCC1O. The fraction of sp³-hybridized carbons (Fsp3) is 0.727. The lowest BCUT2D eigenvalue weighted by molar-refractivity contribution is 0.114. The summed E-state index contributed by atoms with van der Waals surface area (Å²) in [6.45, 7) is 4.65. The van der Waals surface area contributed by atoms with Crippen LogP contribution in [0.1, 0.15) is 19.3 Å². The van der Waals surface area contributed by atoms with Gasteiger partial charge in [0.25, 0.3) is 0 Å². The van der Waals surface area contributed by atoms with Crippen LogP contribution in [0.15, 0.2) is 12.7 Å². The van der Waals surface area contributed by atoms with Crippen LogP contribution in [0.4, 0.5) is 4.79 Å². The summed E-state index contributed by atoms with van der Waals surface area (Å²) in [5.41, 5.74) is 0. The number of carbonyl (C=O) groups excluding carboxylic acids is 1. The number of aliphatic hydroxyl groups is 1. The Morgan fingerprint density at radius 2 is 2.40 bits per heavy atom. The smallest absolute Gasteiger partial charge is 0.317 e. The highest BCUT2D eigenvalue weighted by Crippen LogP contribution is 2.25. The van der Waals surface area contributed by atoms with Crippen molar-refractivity contribution < 1.29 is 9.90 Å². The van der Waals surface area contributed by atoms with Crippen molar-refractivity contribution in [3.8, 4) is 0 Å². The lowest BCUT2D eigenvalue weighted by atomic mass is 10.1. The summed E-state index contributed by atoms with van der Waals surface area (Å²) < 4.78 is 0. The molecule has 1 fully saturated rings. The second-order valence-corrected chi connectivity index (χ2v) is 4.11. The summed E-state index contributed by atoms with van der Waals surface area (Å²) >= 11 is 0. The number of hydrogen-bond donors (Lipinski definition) is 2. The van der Waals surface area contributed by atoms with E-state index in [1.165, 1.54) is 0 Å². The molecule has 2 N–H and O–H groups in total. The lowest BCUT2D eigenvalue weighted by Gasteiger charge is -2.23. The van der Waals surface area contributed by atoms with Gasteiger partial charge in [-0.3, -0.25) is 0 Å². The number of hydrogen-bond acceptors (Lipinski definition) is 2. The van der Waals surface area contributed by atoms with Gasteiger partial charge >= 0.3 is 6.03 Å². The minimum absolute atomic E-state index is 0.103. The topological polar surface area (TPSA) is 52.6 Å². The molecule has 2 unspecified atom stereocenters. The van der Waals surface area contributed by atoms with Gasteiger partial charge in [-0.05, 0) is 12.8 Å². The van der Waals surface area contributed by atoms with Crippen LogP contribution in [-0.2, 0) is 0 Å². The van der Waals surface area contributed by atoms with E-state index in [-0.39, 0.29) is 18.1 Å². The minimum atomic E-state index is -0.236. The van der Waals surface area contributed by atoms with E-state index in [4.69, 9.17) is 0 Å². The van der Waals surface area contributed by atoms with Crippen molar-refractivity contribution >= 4 is 6.03 Å². The van der Waals surface area contributed by atoms with Crippen LogP contribution in [0.2, 0.25) is 0 Å². The van der Waals surface area contributed by atoms with Crippen LogP contribution in [0.5, 0.6) is 0 Å². The number of nitrogens with zero attached hydrogens (tertiary/aromatic N) is 1. The van der Waals surface area contributed by atoms with E-state index in [0.29, 0.717) is 13.1 Å². The summed E-state index contributed by atoms with van der Waals surface area (Å²) in [5.74, 6) is 0.240. The third-order valence-corrected chi connectivity index (χ3v) is 2.87. The molecule has 0 saturated heterocycles. The Kier molecular flexibility index (Phi) is 4.62. The summed E-state index contributed by atoms with van der Waals surface area (Å²) in [5, 5.41) is 12.3. The second-order valence-electron chi connectivity index (χ2n) is 4.11. The molecule has 0 bridgehead atoms. The number of nitrogens with one attached hydrogen (secondary N) is 1. The van der Waals surface area contributed by atoms with Crippen LogP contribution in [0.25, 0.3) is 0 Å². The van der Waals surface area contributed by atoms with Gasteiger partial charge in [0.15, 0.2) is 0 Å². The third kappa shape index (κ3) is 3.55. The molecule has 0 spiro atoms. The van der Waals surface area contributed by atoms with Crippen LogP contribution in [0.3, 0.4) is 0 Å². The zero-order valence-electron chi connectivity index (χ0n) is 9.28. The summed E-state index contributed by atoms with van der Waals surface area (Å²) in [6, 6.07) is -0.103. The summed E-state index contributed by atoms with van der Waals surface area (Å²) in [7, 11) is 1.75. The predicted molar refractivity (Wildman–Crippen MR) is 59.6 cm³/mol. The fourth-order valence-corrected chi connectivity index (χ4v) is 1.96. The molecule has 0 aromatic carbocycles. The van der Waals surface area contributed by atoms with Crippen LogP contribution in [-0.4, -0.2) is 42.3 Å². The molecule has 4 heteroatoms. The van der Waals surface area contributed by atoms with Gasteiger partial charge in [0, 0.05) is 26.1 Å². The Hall–Kier alpha value is -1.03. The van der Waals surface area contributed by atoms with Crippen molar-refractivity contribution in [2.75, 3.05) is 20.1 Å². The van der Waals surface area contributed by atoms with E-state index in [0.717, 1.165) is 19.3 Å². The average Bonchev–Trinajstić information content (AvgIpc) is 2.61. The molecule has 86 valence electrons. The first kappa shape index (κ1) is 12.0. The first-order valence-electron chi connectivity index (χ1n) is 5.43. The second kappa shape index (κ2) is 5.75. The summed E-state index contributed by atoms with van der Waals surface area (Å²) in [4.78, 5) is 13.1. The summed E-state index contributed by atoms with van der Waals surface area (Å²) in [6.07, 6.45) is 4.36. The first-order valence-corrected chi connectivity index (χ1v) is 5.43. The van der Waals surface area contributed by atoms with Gasteiger partial charge in [-0.2, -0.15) is 0 Å². The lowest BCUT2D eigenvalue weighted by Crippen LogP contribution is -2.41. The molecule has 1 saturated carbocycles. The molecule has 0 radical (unpaired) electrons. The molecular weight excluding hydrogens is 192 g/mol. The molecular formula is C11H20N2O2. The van der Waals surface area contributed by atoms with Crippen molar-refractivity contribution in [2.24, 2.45) is 5.92 Å². The molecule has 0 aromatic rings. The van der Waals surface area contributed by atoms with Crippen molar-refractivity contribution in [3.63, 3.8) is 0 Å². The maximum absolute atomic E-state index is 11.5. The van der Waals surface area contributed by atoms with Gasteiger partial charge in [-0.15, -0.1) is 6.58 Å². The highest BCUT2D eigenvalue weighted by molar-refractivity contribution is 5.73. The van der Waals surface area contributed by atoms with Gasteiger partial charge in [-0.25, -0.2) is 4.79 Å². The zero-order chi connectivity index (χ0) is 11.3. The zero-order valence-corrected chi connectivity index (χ0v) is 9.28. The predicted octanol–water partition coefficient (Wildman–Crippen LogP) is 0.975. The normalized spacial score (nSPS) is 24.9. The van der Waals surface area contributed by atoms with Gasteiger partial charge < -0.3 is 15.3 Å². The minimum Gasteiger partial charge on any atom is -0.393 e. The van der Waals surface area contributed by atoms with E-state index in [1.54, 1.807) is 18.0 Å². The van der Waals surface area contributed by atoms with E-state index < -0.39 is 0 Å². The number of rotatable bonds is 4. The number of aliphatic hydroxyl groups excluding tert-OH is 1. The first-order chi connectivity index (χ1) is 7.15. The Morgan fingerprint density at radius 3 is 2.93 bits per heavy atom. The molecule has 1 aliphatic rings. The largest absolute Gasteiger partial charge is 0.393 e. The van der Waals surface area contributed by atoms with Crippen molar-refractivity contribution in [1.29, 1.82) is 0 Å². The average molecular weight is 212 g/mol. The number of carbonyl (C=O) groups is 1. The van der Waals surface area contributed by atoms with Gasteiger partial charge in [0.05, 0.1) is 6.10 Å². The molecule has 0 heterocycles. The van der Waals surface area contributed by atoms with Gasteiger partial charge in [0.1, 0.15) is 0 Å². The van der Waals surface area contributed by atoms with E-state index in [2.05, 4.69) is 11.9 Å². The van der Waals surface area contributed by atoms with Crippen molar-refractivity contribution in [3.05, 3.63) is 12.7 Å². The molecule has 2 amide bonds. The van der Waals surface area contributed by atoms with Crippen molar-refractivity contribution in [1.82, 2.24) is 10.2 Å². The van der Waals surface area contributed by atoms with Crippen LogP contribution in [0, 0.1) is 5.92 Å². The third-order valence-electron chi connectivity index (χ3n) is 2.87. The van der Waals surface area contributed by atoms with E-state index >= 15 is 0 Å². The standard InChI is InChI=1S/C11H20N2O2/c1-3-7-12-11(15)13(2)8-9-5-4-6-10(9)14/h3,9-10,14H,1,4-8H2,2H3,(H,12,15). The maximum atomic E-state index is 11.5. The molecule has 4 nitrogen and oxygen atoms in total. The van der Waals surface area contributed by atoms with Crippen molar-refractivity contribution in [2.45, 2.75) is 25.4 Å². The fourth-order valence-electron chi connectivity index (χ4n) is 1.96. The molecule has 0 aliphatic heterocycles. The highest BCUT2D eigenvalue weighted by atomic mass is 16.3. The Bertz CT molecular complexity index is 231. The highest BCUT2D eigenvalue weighted by Gasteiger charge is 2.27. The Labute approximate surface area is 91.0 Å². The van der Waals surface area contributed by atoms with E-state index in [9.17, 15) is 9.90 Å². The Morgan fingerprint density at radius 1 is 1.67 bits per heavy atom.